The summed E-state index contributed by atoms with van der Waals surface area (Å²) in [5, 5.41) is 0. The molecule has 4 aromatic rings. The fraction of sp³-hybridized carbons (Fsp3) is 0.423. The lowest BCUT2D eigenvalue weighted by molar-refractivity contribution is -0.00994. The Morgan fingerprint density at radius 1 is 1.08 bits per heavy atom. The van der Waals surface area contributed by atoms with Gasteiger partial charge in [0, 0.05) is 30.6 Å². The summed E-state index contributed by atoms with van der Waals surface area (Å²) in [6, 6.07) is 5.62. The average Bonchev–Trinajstić information content (AvgIpc) is 3.25. The summed E-state index contributed by atoms with van der Waals surface area (Å²) >= 11 is 0. The number of pyridine rings is 2. The largest absolute Gasteiger partial charge is 0.473 e. The minimum Gasteiger partial charge on any atom is -0.473 e. The van der Waals surface area contributed by atoms with Crippen LogP contribution in [-0.2, 0) is 6.54 Å². The van der Waals surface area contributed by atoms with Gasteiger partial charge < -0.3 is 14.0 Å². The van der Waals surface area contributed by atoms with Gasteiger partial charge in [0.05, 0.1) is 25.0 Å². The van der Waals surface area contributed by atoms with Gasteiger partial charge in [-0.05, 0) is 57.3 Å². The summed E-state index contributed by atoms with van der Waals surface area (Å²) in [6.45, 7) is 7.94. The molecule has 0 amide bonds. The number of imidazole rings is 1. The zero-order chi connectivity index (χ0) is 24.6. The Labute approximate surface area is 208 Å². The predicted octanol–water partition coefficient (Wildman–Crippen LogP) is 3.65. The first-order valence-corrected chi connectivity index (χ1v) is 12.4. The number of fused-ring (bicyclic) bond motifs is 4. The molecule has 186 valence electrons. The van der Waals surface area contributed by atoms with Crippen molar-refractivity contribution in [2.45, 2.75) is 39.3 Å². The number of piperidine rings is 3. The van der Waals surface area contributed by atoms with E-state index in [0.29, 0.717) is 53.2 Å². The zero-order valence-electron chi connectivity index (χ0n) is 20.4. The van der Waals surface area contributed by atoms with E-state index in [9.17, 15) is 4.39 Å². The highest BCUT2D eigenvalue weighted by atomic mass is 19.1. The number of aromatic nitrogens is 6. The summed E-state index contributed by atoms with van der Waals surface area (Å²) in [5.41, 5.74) is 3.43. The Hall–Kier alpha value is -3.66. The summed E-state index contributed by atoms with van der Waals surface area (Å²) < 4.78 is 27.8. The Morgan fingerprint density at radius 2 is 1.94 bits per heavy atom. The molecule has 0 N–H and O–H groups in total. The van der Waals surface area contributed by atoms with Crippen LogP contribution in [0, 0.1) is 18.7 Å². The van der Waals surface area contributed by atoms with Crippen LogP contribution in [0.2, 0.25) is 0 Å². The molecule has 3 aliphatic heterocycles. The van der Waals surface area contributed by atoms with Gasteiger partial charge in [-0.3, -0.25) is 9.88 Å². The maximum absolute atomic E-state index is 14.0. The van der Waals surface area contributed by atoms with Gasteiger partial charge in [-0.25, -0.2) is 14.4 Å². The lowest BCUT2D eigenvalue weighted by Gasteiger charge is -2.44. The van der Waals surface area contributed by atoms with Gasteiger partial charge in [-0.2, -0.15) is 9.97 Å². The summed E-state index contributed by atoms with van der Waals surface area (Å²) in [4.78, 5) is 24.9. The molecule has 7 rings (SSSR count). The van der Waals surface area contributed by atoms with E-state index in [1.807, 2.05) is 36.7 Å². The molecule has 0 spiro atoms. The van der Waals surface area contributed by atoms with Crippen molar-refractivity contribution in [2.24, 2.45) is 5.92 Å². The highest BCUT2D eigenvalue weighted by molar-refractivity contribution is 5.79. The average molecular weight is 490 g/mol. The minimum atomic E-state index is -0.431. The fourth-order valence-corrected chi connectivity index (χ4v) is 5.17. The molecule has 4 aromatic heterocycles. The molecule has 3 aliphatic rings. The third-order valence-corrected chi connectivity index (χ3v) is 6.99. The molecule has 7 heterocycles. The number of aryl methyl sites for hydroxylation is 1. The molecule has 9 nitrogen and oxygen atoms in total. The Bertz CT molecular complexity index is 1380. The highest BCUT2D eigenvalue weighted by Gasteiger charge is 2.35. The first-order valence-electron chi connectivity index (χ1n) is 12.4. The van der Waals surface area contributed by atoms with Gasteiger partial charge >= 0.3 is 6.01 Å². The second kappa shape index (κ2) is 9.42. The van der Waals surface area contributed by atoms with Gasteiger partial charge in [-0.15, -0.1) is 0 Å². The second-order valence-electron chi connectivity index (χ2n) is 9.41. The SMILES string of the molecule is CCOc1nc(C)c2nc(-c3cncc(F)c3)n(Cc3ccc(O[C@@H]4CN5CCC4CC5)nc3)c2n1. The van der Waals surface area contributed by atoms with E-state index in [0.717, 1.165) is 12.1 Å². The first kappa shape index (κ1) is 22.8. The summed E-state index contributed by atoms with van der Waals surface area (Å²) in [7, 11) is 0. The number of halogens is 1. The fourth-order valence-electron chi connectivity index (χ4n) is 5.17. The molecule has 2 bridgehead atoms. The third-order valence-electron chi connectivity index (χ3n) is 6.99. The van der Waals surface area contributed by atoms with E-state index in [2.05, 4.69) is 24.8 Å². The van der Waals surface area contributed by atoms with Crippen molar-refractivity contribution in [3.05, 3.63) is 53.9 Å². The molecule has 0 aliphatic carbocycles. The predicted molar refractivity (Wildman–Crippen MR) is 131 cm³/mol. The molecule has 0 saturated carbocycles. The zero-order valence-corrected chi connectivity index (χ0v) is 20.4. The number of hydrogen-bond acceptors (Lipinski definition) is 8. The molecule has 10 heteroatoms. The Morgan fingerprint density at radius 3 is 2.64 bits per heavy atom. The second-order valence-corrected chi connectivity index (χ2v) is 9.41. The molecule has 1 atom stereocenters. The van der Waals surface area contributed by atoms with Crippen LogP contribution < -0.4 is 9.47 Å². The van der Waals surface area contributed by atoms with Crippen LogP contribution in [0.3, 0.4) is 0 Å². The van der Waals surface area contributed by atoms with Crippen molar-refractivity contribution in [2.75, 3.05) is 26.2 Å². The quantitative estimate of drug-likeness (QED) is 0.389. The van der Waals surface area contributed by atoms with Crippen molar-refractivity contribution in [3.8, 4) is 23.3 Å². The molecule has 0 unspecified atom stereocenters. The van der Waals surface area contributed by atoms with Gasteiger partial charge in [0.15, 0.2) is 5.65 Å². The van der Waals surface area contributed by atoms with Gasteiger partial charge in [0.1, 0.15) is 23.3 Å². The van der Waals surface area contributed by atoms with E-state index in [4.69, 9.17) is 14.5 Å². The van der Waals surface area contributed by atoms with Crippen LogP contribution in [0.4, 0.5) is 4.39 Å². The molecular weight excluding hydrogens is 461 g/mol. The van der Waals surface area contributed by atoms with Crippen molar-refractivity contribution in [3.63, 3.8) is 0 Å². The highest BCUT2D eigenvalue weighted by Crippen LogP contribution is 2.31. The van der Waals surface area contributed by atoms with Gasteiger partial charge in [0.25, 0.3) is 0 Å². The van der Waals surface area contributed by atoms with Crippen molar-refractivity contribution < 1.29 is 13.9 Å². The lowest BCUT2D eigenvalue weighted by Crippen LogP contribution is -2.52. The van der Waals surface area contributed by atoms with E-state index in [-0.39, 0.29) is 12.1 Å². The van der Waals surface area contributed by atoms with Gasteiger partial charge in [0.2, 0.25) is 5.88 Å². The number of ether oxygens (including phenoxy) is 2. The molecule has 3 saturated heterocycles. The Balaban J connectivity index is 1.33. The van der Waals surface area contributed by atoms with E-state index < -0.39 is 5.82 Å². The topological polar surface area (TPSA) is 91.1 Å². The lowest BCUT2D eigenvalue weighted by atomic mass is 9.86. The molecule has 0 aromatic carbocycles. The maximum atomic E-state index is 14.0. The van der Waals surface area contributed by atoms with Crippen molar-refractivity contribution >= 4 is 11.2 Å². The summed E-state index contributed by atoms with van der Waals surface area (Å²) in [5.74, 6) is 1.37. The molecular formula is C26H28FN7O2. The normalized spacial score (nSPS) is 21.1. The smallest absolute Gasteiger partial charge is 0.318 e. The standard InChI is InChI=1S/C26H28FN7O2/c1-3-35-26-30-16(2)23-25(32-26)34(24(31-23)19-10-20(27)13-28-12-19)14-17-4-5-22(29-11-17)36-21-15-33-8-6-18(21)7-9-33/h4-5,10-13,18,21H,3,6-9,14-15H2,1-2H3/t21-/m1/s1. The molecule has 3 fully saturated rings. The van der Waals surface area contributed by atoms with E-state index in [1.54, 1.807) is 6.20 Å². The van der Waals surface area contributed by atoms with Crippen molar-refractivity contribution in [1.29, 1.82) is 0 Å². The third kappa shape index (κ3) is 4.37. The van der Waals surface area contributed by atoms with Crippen molar-refractivity contribution in [1.82, 2.24) is 34.4 Å². The van der Waals surface area contributed by atoms with Crippen LogP contribution >= 0.6 is 0 Å². The van der Waals surface area contributed by atoms with Crippen LogP contribution in [0.5, 0.6) is 11.9 Å². The van der Waals surface area contributed by atoms with Crippen LogP contribution in [0.1, 0.15) is 31.0 Å². The summed E-state index contributed by atoms with van der Waals surface area (Å²) in [6.07, 6.45) is 7.17. The molecule has 36 heavy (non-hydrogen) atoms. The number of hydrogen-bond donors (Lipinski definition) is 0. The van der Waals surface area contributed by atoms with Crippen LogP contribution in [0.15, 0.2) is 36.8 Å². The van der Waals surface area contributed by atoms with E-state index >= 15 is 0 Å². The number of rotatable bonds is 7. The van der Waals surface area contributed by atoms with Crippen LogP contribution in [0.25, 0.3) is 22.6 Å². The van der Waals surface area contributed by atoms with E-state index in [1.165, 1.54) is 38.2 Å². The monoisotopic (exact) mass is 489 g/mol. The first-order chi connectivity index (χ1) is 17.6. The minimum absolute atomic E-state index is 0.201. The molecule has 0 radical (unpaired) electrons. The van der Waals surface area contributed by atoms with Crippen LogP contribution in [-0.4, -0.2) is 66.7 Å². The number of nitrogens with zero attached hydrogens (tertiary/aromatic N) is 7. The Kier molecular flexibility index (Phi) is 5.96. The maximum Gasteiger partial charge on any atom is 0.318 e. The van der Waals surface area contributed by atoms with Gasteiger partial charge in [-0.1, -0.05) is 6.07 Å².